The quantitative estimate of drug-likeness (QED) is 0.638. The van der Waals surface area contributed by atoms with Crippen molar-refractivity contribution in [3.8, 4) is 0 Å². The van der Waals surface area contributed by atoms with Gasteiger partial charge in [-0.15, -0.1) is 0 Å². The Morgan fingerprint density at radius 2 is 2.05 bits per heavy atom. The van der Waals surface area contributed by atoms with Crippen LogP contribution in [0, 0.1) is 0 Å². The van der Waals surface area contributed by atoms with Gasteiger partial charge in [-0.05, 0) is 44.3 Å². The number of halogens is 2. The Morgan fingerprint density at radius 3 is 2.70 bits per heavy atom. The third kappa shape index (κ3) is 2.14. The van der Waals surface area contributed by atoms with Crippen molar-refractivity contribution in [1.82, 2.24) is 20.5 Å². The first-order valence-electron chi connectivity index (χ1n) is 5.93. The minimum absolute atomic E-state index is 0.113. The third-order valence-corrected chi connectivity index (χ3v) is 5.34. The van der Waals surface area contributed by atoms with Gasteiger partial charge in [0.1, 0.15) is 11.7 Å². The molecule has 4 amide bonds. The van der Waals surface area contributed by atoms with Crippen LogP contribution in [0.3, 0.4) is 0 Å². The molecule has 2 aliphatic heterocycles. The Hall–Kier alpha value is -1.35. The van der Waals surface area contributed by atoms with Gasteiger partial charge in [-0.2, -0.15) is 0 Å². The van der Waals surface area contributed by atoms with Crippen molar-refractivity contribution in [2.45, 2.75) is 18.5 Å². The second-order valence-corrected chi connectivity index (χ2v) is 6.26. The van der Waals surface area contributed by atoms with E-state index in [4.69, 9.17) is 0 Å². The zero-order valence-electron chi connectivity index (χ0n) is 10.1. The van der Waals surface area contributed by atoms with Gasteiger partial charge in [0.25, 0.3) is 11.8 Å². The lowest BCUT2D eigenvalue weighted by molar-refractivity contribution is -0.120. The maximum Gasteiger partial charge on any atom is 0.322 e. The zero-order valence-corrected chi connectivity index (χ0v) is 13.2. The smallest absolute Gasteiger partial charge is 0.322 e. The second kappa shape index (κ2) is 4.88. The van der Waals surface area contributed by atoms with Crippen molar-refractivity contribution in [2.75, 3.05) is 6.54 Å². The fourth-order valence-corrected chi connectivity index (χ4v) is 3.48. The molecule has 106 valence electrons. The summed E-state index contributed by atoms with van der Waals surface area (Å²) in [6.45, 7) is 0.408. The van der Waals surface area contributed by atoms with Gasteiger partial charge in [-0.3, -0.25) is 14.9 Å². The van der Waals surface area contributed by atoms with Crippen molar-refractivity contribution in [2.24, 2.45) is 0 Å². The molecule has 3 rings (SSSR count). The summed E-state index contributed by atoms with van der Waals surface area (Å²) in [5.41, 5.74) is 0.518. The molecule has 3 heterocycles. The summed E-state index contributed by atoms with van der Waals surface area (Å²) in [6.07, 6.45) is 0.407. The number of amides is 4. The van der Waals surface area contributed by atoms with Crippen LogP contribution in [0.5, 0.6) is 0 Å². The van der Waals surface area contributed by atoms with Gasteiger partial charge in [0.2, 0.25) is 0 Å². The summed E-state index contributed by atoms with van der Waals surface area (Å²) in [4.78, 5) is 34.6. The maximum atomic E-state index is 11.8. The van der Waals surface area contributed by atoms with Gasteiger partial charge in [0.15, 0.2) is 0 Å². The molecule has 20 heavy (non-hydrogen) atoms. The average molecular weight is 406 g/mol. The first-order valence-corrected chi connectivity index (χ1v) is 7.51. The Balaban J connectivity index is 1.89. The highest BCUT2D eigenvalue weighted by Gasteiger charge is 2.35. The molecule has 1 saturated heterocycles. The van der Waals surface area contributed by atoms with Gasteiger partial charge in [0, 0.05) is 6.54 Å². The molecule has 2 atom stereocenters. The van der Waals surface area contributed by atoms with Gasteiger partial charge >= 0.3 is 6.03 Å². The van der Waals surface area contributed by atoms with E-state index < -0.39 is 12.1 Å². The van der Waals surface area contributed by atoms with E-state index in [2.05, 4.69) is 47.8 Å². The molecule has 0 aliphatic carbocycles. The Bertz CT molecular complexity index is 627. The van der Waals surface area contributed by atoms with Crippen molar-refractivity contribution in [3.63, 3.8) is 0 Å². The number of urea groups is 1. The van der Waals surface area contributed by atoms with E-state index in [1.807, 2.05) is 4.57 Å². The van der Waals surface area contributed by atoms with Crippen LogP contribution in [-0.2, 0) is 4.79 Å². The second-order valence-electron chi connectivity index (χ2n) is 4.65. The van der Waals surface area contributed by atoms with Crippen LogP contribution in [0.15, 0.2) is 15.1 Å². The number of aromatic nitrogens is 1. The molecular formula is C11H10Br2N4O3. The lowest BCUT2D eigenvalue weighted by Gasteiger charge is -2.28. The maximum absolute atomic E-state index is 11.8. The predicted molar refractivity (Wildman–Crippen MR) is 76.3 cm³/mol. The van der Waals surface area contributed by atoms with Crippen LogP contribution < -0.4 is 16.0 Å². The van der Waals surface area contributed by atoms with Gasteiger partial charge in [-0.1, -0.05) is 0 Å². The van der Waals surface area contributed by atoms with Crippen molar-refractivity contribution in [3.05, 3.63) is 20.8 Å². The van der Waals surface area contributed by atoms with E-state index in [0.29, 0.717) is 18.7 Å². The zero-order chi connectivity index (χ0) is 14.4. The SMILES string of the molecule is O=C1NC(=O)C(CC2CNC(=O)c3cc(Br)c(Br)n32)N1. The fourth-order valence-electron chi connectivity index (χ4n) is 2.48. The summed E-state index contributed by atoms with van der Waals surface area (Å²) in [6, 6.07) is 0.549. The number of nitrogens with zero attached hydrogens (tertiary/aromatic N) is 1. The number of hydrogen-bond donors (Lipinski definition) is 3. The van der Waals surface area contributed by atoms with Crippen LogP contribution in [0.1, 0.15) is 23.0 Å². The predicted octanol–water partition coefficient (Wildman–Crippen LogP) is 0.896. The molecule has 0 bridgehead atoms. The minimum Gasteiger partial charge on any atom is -0.349 e. The van der Waals surface area contributed by atoms with Crippen LogP contribution in [0.25, 0.3) is 0 Å². The first-order chi connectivity index (χ1) is 9.47. The van der Waals surface area contributed by atoms with Gasteiger partial charge in [-0.25, -0.2) is 4.79 Å². The number of nitrogens with one attached hydrogen (secondary N) is 3. The molecule has 3 N–H and O–H groups in total. The Kier molecular flexibility index (Phi) is 3.33. The molecule has 0 radical (unpaired) electrons. The Morgan fingerprint density at radius 1 is 1.30 bits per heavy atom. The molecule has 0 aromatic carbocycles. The highest BCUT2D eigenvalue weighted by molar-refractivity contribution is 9.13. The molecule has 9 heteroatoms. The Labute approximate surface area is 130 Å². The topological polar surface area (TPSA) is 92.2 Å². The molecule has 7 nitrogen and oxygen atoms in total. The van der Waals surface area contributed by atoms with Crippen molar-refractivity contribution >= 4 is 49.7 Å². The molecule has 2 unspecified atom stereocenters. The summed E-state index contributed by atoms with van der Waals surface area (Å²) in [7, 11) is 0. The number of carbonyl (C=O) groups excluding carboxylic acids is 3. The summed E-state index contributed by atoms with van der Waals surface area (Å²) < 4.78 is 3.35. The lowest BCUT2D eigenvalue weighted by Crippen LogP contribution is -2.42. The standard InChI is InChI=1S/C11H10Br2N4O3/c12-5-2-7-10(19)14-3-4(17(7)8(5)13)1-6-9(18)16-11(20)15-6/h2,4,6H,1,3H2,(H,14,19)(H2,15,16,18,20). The number of imide groups is 1. The van der Waals surface area contributed by atoms with E-state index >= 15 is 0 Å². The molecule has 0 saturated carbocycles. The van der Waals surface area contributed by atoms with E-state index in [9.17, 15) is 14.4 Å². The fraction of sp³-hybridized carbons (Fsp3) is 0.364. The van der Waals surface area contributed by atoms with Crippen LogP contribution >= 0.6 is 31.9 Å². The van der Waals surface area contributed by atoms with E-state index in [-0.39, 0.29) is 17.9 Å². The largest absolute Gasteiger partial charge is 0.349 e. The molecule has 1 aromatic heterocycles. The number of hydrogen-bond acceptors (Lipinski definition) is 3. The minimum atomic E-state index is -0.580. The van der Waals surface area contributed by atoms with Crippen molar-refractivity contribution in [1.29, 1.82) is 0 Å². The van der Waals surface area contributed by atoms with Crippen LogP contribution in [0.4, 0.5) is 4.79 Å². The molecule has 0 spiro atoms. The summed E-state index contributed by atoms with van der Waals surface area (Å²) in [5.74, 6) is -0.497. The number of fused-ring (bicyclic) bond motifs is 1. The summed E-state index contributed by atoms with van der Waals surface area (Å²) >= 11 is 6.80. The summed E-state index contributed by atoms with van der Waals surface area (Å²) in [5, 5.41) is 7.55. The molecule has 1 aromatic rings. The average Bonchev–Trinajstić information content (AvgIpc) is 2.86. The monoisotopic (exact) mass is 404 g/mol. The lowest BCUT2D eigenvalue weighted by atomic mass is 10.1. The number of carbonyl (C=O) groups is 3. The third-order valence-electron chi connectivity index (χ3n) is 3.39. The van der Waals surface area contributed by atoms with E-state index in [1.54, 1.807) is 6.07 Å². The molecular weight excluding hydrogens is 396 g/mol. The molecule has 2 aliphatic rings. The van der Waals surface area contributed by atoms with Crippen molar-refractivity contribution < 1.29 is 14.4 Å². The van der Waals surface area contributed by atoms with Crippen LogP contribution in [0.2, 0.25) is 0 Å². The van der Waals surface area contributed by atoms with E-state index in [1.165, 1.54) is 0 Å². The van der Waals surface area contributed by atoms with Gasteiger partial charge < -0.3 is 15.2 Å². The van der Waals surface area contributed by atoms with Gasteiger partial charge in [0.05, 0.1) is 15.1 Å². The highest BCUT2D eigenvalue weighted by Crippen LogP contribution is 2.34. The number of rotatable bonds is 2. The first kappa shape index (κ1) is 13.6. The molecule has 1 fully saturated rings. The highest BCUT2D eigenvalue weighted by atomic mass is 79.9. The normalized spacial score (nSPS) is 25.0. The van der Waals surface area contributed by atoms with Crippen LogP contribution in [-0.4, -0.2) is 35.0 Å². The van der Waals surface area contributed by atoms with E-state index in [0.717, 1.165) is 9.08 Å².